The Kier molecular flexibility index (Phi) is 5.79. The number of unbranched alkanes of at least 4 members (excludes halogenated alkanes) is 3. The molecule has 0 aliphatic rings. The maximum Gasteiger partial charge on any atom is 0.339 e. The zero-order chi connectivity index (χ0) is 15.1. The van der Waals surface area contributed by atoms with Gasteiger partial charge in [-0.3, -0.25) is 0 Å². The molecule has 2 aromatic carbocycles. The van der Waals surface area contributed by atoms with Crippen LogP contribution in [0.15, 0.2) is 42.5 Å². The molecular formula is C19H24O2. The van der Waals surface area contributed by atoms with E-state index in [0.717, 1.165) is 23.6 Å². The second-order valence-electron chi connectivity index (χ2n) is 5.59. The molecule has 0 amide bonds. The molecular weight excluding hydrogens is 260 g/mol. The molecule has 2 rings (SSSR count). The van der Waals surface area contributed by atoms with Crippen molar-refractivity contribution in [3.05, 3.63) is 48.0 Å². The van der Waals surface area contributed by atoms with Gasteiger partial charge in [0, 0.05) is 0 Å². The number of rotatable bonds is 7. The molecule has 0 heterocycles. The maximum atomic E-state index is 12.3. The van der Waals surface area contributed by atoms with Crippen LogP contribution in [0.1, 0.15) is 56.3 Å². The predicted molar refractivity (Wildman–Crippen MR) is 87.6 cm³/mol. The lowest BCUT2D eigenvalue weighted by atomic mass is 10.0. The minimum atomic E-state index is -0.213. The lowest BCUT2D eigenvalue weighted by molar-refractivity contribution is 0.0322. The molecule has 0 spiro atoms. The van der Waals surface area contributed by atoms with E-state index in [2.05, 4.69) is 6.92 Å². The van der Waals surface area contributed by atoms with Crippen LogP contribution < -0.4 is 0 Å². The number of benzene rings is 2. The van der Waals surface area contributed by atoms with Crippen molar-refractivity contribution in [2.45, 2.75) is 52.1 Å². The first-order valence-corrected chi connectivity index (χ1v) is 7.91. The largest absolute Gasteiger partial charge is 0.459 e. The van der Waals surface area contributed by atoms with Gasteiger partial charge in [-0.15, -0.1) is 0 Å². The van der Waals surface area contributed by atoms with Crippen molar-refractivity contribution < 1.29 is 9.53 Å². The van der Waals surface area contributed by atoms with E-state index in [1.54, 1.807) is 0 Å². The van der Waals surface area contributed by atoms with Gasteiger partial charge in [0.25, 0.3) is 0 Å². The molecule has 0 aromatic heterocycles. The van der Waals surface area contributed by atoms with Crippen LogP contribution >= 0.6 is 0 Å². The normalized spacial score (nSPS) is 12.3. The highest BCUT2D eigenvalue weighted by Gasteiger charge is 2.14. The van der Waals surface area contributed by atoms with E-state index < -0.39 is 0 Å². The zero-order valence-corrected chi connectivity index (χ0v) is 13.0. The Morgan fingerprint density at radius 2 is 1.81 bits per heavy atom. The Morgan fingerprint density at radius 3 is 2.62 bits per heavy atom. The summed E-state index contributed by atoms with van der Waals surface area (Å²) in [4.78, 5) is 12.3. The van der Waals surface area contributed by atoms with Crippen molar-refractivity contribution in [1.29, 1.82) is 0 Å². The second-order valence-corrected chi connectivity index (χ2v) is 5.59. The number of esters is 1. The second kappa shape index (κ2) is 7.82. The van der Waals surface area contributed by atoms with E-state index in [9.17, 15) is 4.79 Å². The van der Waals surface area contributed by atoms with Crippen LogP contribution in [0.25, 0.3) is 10.8 Å². The van der Waals surface area contributed by atoms with Crippen LogP contribution in [0.2, 0.25) is 0 Å². The number of hydrogen-bond donors (Lipinski definition) is 0. The highest BCUT2D eigenvalue weighted by atomic mass is 16.5. The van der Waals surface area contributed by atoms with E-state index in [-0.39, 0.29) is 12.1 Å². The van der Waals surface area contributed by atoms with Gasteiger partial charge in [0.2, 0.25) is 0 Å². The van der Waals surface area contributed by atoms with Gasteiger partial charge < -0.3 is 4.74 Å². The molecule has 0 fully saturated rings. The molecule has 0 bridgehead atoms. The average Bonchev–Trinajstić information content (AvgIpc) is 2.51. The van der Waals surface area contributed by atoms with E-state index in [1.165, 1.54) is 19.3 Å². The van der Waals surface area contributed by atoms with Gasteiger partial charge in [-0.25, -0.2) is 4.79 Å². The minimum Gasteiger partial charge on any atom is -0.459 e. The molecule has 0 radical (unpaired) electrons. The van der Waals surface area contributed by atoms with Gasteiger partial charge in [0.15, 0.2) is 0 Å². The van der Waals surface area contributed by atoms with E-state index in [0.29, 0.717) is 5.56 Å². The van der Waals surface area contributed by atoms with E-state index in [1.807, 2.05) is 49.4 Å². The SMILES string of the molecule is CCCCCC[C@@H](C)OC(=O)c1cccc2ccccc12. The van der Waals surface area contributed by atoms with Crippen LogP contribution in [-0.2, 0) is 4.74 Å². The Labute approximate surface area is 127 Å². The Balaban J connectivity index is 1.99. The molecule has 0 unspecified atom stereocenters. The topological polar surface area (TPSA) is 26.3 Å². The molecule has 2 aromatic rings. The molecule has 0 aliphatic heterocycles. The first-order chi connectivity index (χ1) is 10.2. The van der Waals surface area contributed by atoms with Crippen molar-refractivity contribution in [3.63, 3.8) is 0 Å². The zero-order valence-electron chi connectivity index (χ0n) is 13.0. The highest BCUT2D eigenvalue weighted by Crippen LogP contribution is 2.20. The maximum absolute atomic E-state index is 12.3. The summed E-state index contributed by atoms with van der Waals surface area (Å²) in [5.41, 5.74) is 0.661. The average molecular weight is 284 g/mol. The van der Waals surface area contributed by atoms with Crippen LogP contribution in [0.3, 0.4) is 0 Å². The van der Waals surface area contributed by atoms with Crippen molar-refractivity contribution in [3.8, 4) is 0 Å². The molecule has 2 heteroatoms. The number of carbonyl (C=O) groups is 1. The first kappa shape index (κ1) is 15.6. The number of fused-ring (bicyclic) bond motifs is 1. The summed E-state index contributed by atoms with van der Waals surface area (Å²) in [5, 5.41) is 2.03. The third-order valence-electron chi connectivity index (χ3n) is 3.78. The predicted octanol–water partition coefficient (Wildman–Crippen LogP) is 5.36. The van der Waals surface area contributed by atoms with Gasteiger partial charge in [-0.2, -0.15) is 0 Å². The third-order valence-corrected chi connectivity index (χ3v) is 3.78. The van der Waals surface area contributed by atoms with Crippen molar-refractivity contribution >= 4 is 16.7 Å². The van der Waals surface area contributed by atoms with Crippen molar-refractivity contribution in [2.75, 3.05) is 0 Å². The molecule has 112 valence electrons. The van der Waals surface area contributed by atoms with Crippen LogP contribution in [-0.4, -0.2) is 12.1 Å². The minimum absolute atomic E-state index is 0.0201. The molecule has 0 saturated heterocycles. The molecule has 0 aliphatic carbocycles. The third kappa shape index (κ3) is 4.32. The van der Waals surface area contributed by atoms with Gasteiger partial charge in [0.05, 0.1) is 11.7 Å². The molecule has 0 N–H and O–H groups in total. The molecule has 0 saturated carbocycles. The summed E-state index contributed by atoms with van der Waals surface area (Å²) in [6, 6.07) is 13.7. The van der Waals surface area contributed by atoms with Gasteiger partial charge in [-0.05, 0) is 36.6 Å². The fraction of sp³-hybridized carbons (Fsp3) is 0.421. The van der Waals surface area contributed by atoms with Gasteiger partial charge in [-0.1, -0.05) is 62.6 Å². The van der Waals surface area contributed by atoms with Crippen LogP contribution in [0.5, 0.6) is 0 Å². The lowest BCUT2D eigenvalue weighted by Gasteiger charge is -2.14. The van der Waals surface area contributed by atoms with E-state index >= 15 is 0 Å². The first-order valence-electron chi connectivity index (χ1n) is 7.91. The quantitative estimate of drug-likeness (QED) is 0.505. The van der Waals surface area contributed by atoms with Crippen LogP contribution in [0.4, 0.5) is 0 Å². The smallest absolute Gasteiger partial charge is 0.339 e. The summed E-state index contributed by atoms with van der Waals surface area (Å²) < 4.78 is 5.59. The standard InChI is InChI=1S/C19H24O2/c1-3-4-5-6-10-15(2)21-19(20)18-14-9-12-16-11-7-8-13-17(16)18/h7-9,11-15H,3-6,10H2,1-2H3/t15-/m1/s1. The van der Waals surface area contributed by atoms with Crippen molar-refractivity contribution in [1.82, 2.24) is 0 Å². The van der Waals surface area contributed by atoms with Gasteiger partial charge in [0.1, 0.15) is 0 Å². The van der Waals surface area contributed by atoms with E-state index in [4.69, 9.17) is 4.74 Å². The monoisotopic (exact) mass is 284 g/mol. The summed E-state index contributed by atoms with van der Waals surface area (Å²) in [6.07, 6.45) is 5.74. The summed E-state index contributed by atoms with van der Waals surface area (Å²) in [5.74, 6) is -0.213. The fourth-order valence-electron chi connectivity index (χ4n) is 2.57. The fourth-order valence-corrected chi connectivity index (χ4v) is 2.57. The summed E-state index contributed by atoms with van der Waals surface area (Å²) in [6.45, 7) is 4.18. The number of carbonyl (C=O) groups excluding carboxylic acids is 1. The van der Waals surface area contributed by atoms with Gasteiger partial charge >= 0.3 is 5.97 Å². The van der Waals surface area contributed by atoms with Crippen LogP contribution in [0, 0.1) is 0 Å². The lowest BCUT2D eigenvalue weighted by Crippen LogP contribution is -2.15. The number of ether oxygens (including phenoxy) is 1. The Morgan fingerprint density at radius 1 is 1.05 bits per heavy atom. The molecule has 2 nitrogen and oxygen atoms in total. The molecule has 1 atom stereocenters. The number of hydrogen-bond acceptors (Lipinski definition) is 2. The Hall–Kier alpha value is -1.83. The molecule has 21 heavy (non-hydrogen) atoms. The summed E-state index contributed by atoms with van der Waals surface area (Å²) in [7, 11) is 0. The Bertz CT molecular complexity index is 584. The highest BCUT2D eigenvalue weighted by molar-refractivity contribution is 6.04. The van der Waals surface area contributed by atoms with Crippen molar-refractivity contribution in [2.24, 2.45) is 0 Å². The summed E-state index contributed by atoms with van der Waals surface area (Å²) >= 11 is 0.